The Hall–Kier alpha value is -8.96. The van der Waals surface area contributed by atoms with E-state index in [0.29, 0.717) is 0 Å². The molecule has 0 saturated carbocycles. The number of rotatable bonds is 11. The van der Waals surface area contributed by atoms with Crippen LogP contribution in [0, 0.1) is 0 Å². The Morgan fingerprint density at radius 2 is 0.620 bits per heavy atom. The molecular weight excluding hydrogens is 879 g/mol. The number of fused-ring (bicyclic) bond motifs is 6. The number of anilines is 9. The van der Waals surface area contributed by atoms with Gasteiger partial charge in [-0.3, -0.25) is 0 Å². The highest BCUT2D eigenvalue weighted by Gasteiger charge is 2.46. The van der Waals surface area contributed by atoms with Crippen LogP contribution in [0.3, 0.4) is 0 Å². The Morgan fingerprint density at radius 3 is 1.15 bits per heavy atom. The van der Waals surface area contributed by atoms with E-state index in [1.165, 1.54) is 53.6 Å². The first kappa shape index (κ1) is 42.2. The van der Waals surface area contributed by atoms with Gasteiger partial charge in [-0.05, 0) is 143 Å². The predicted molar refractivity (Wildman–Crippen MR) is 301 cm³/mol. The lowest BCUT2D eigenvalue weighted by atomic mass is 9.67. The quantitative estimate of drug-likeness (QED) is 0.128. The van der Waals surface area contributed by atoms with Crippen LogP contribution in [0.1, 0.15) is 22.3 Å². The van der Waals surface area contributed by atoms with Crippen molar-refractivity contribution in [3.63, 3.8) is 0 Å². The monoisotopic (exact) mass is 925 g/mol. The Labute approximate surface area is 419 Å². The summed E-state index contributed by atoms with van der Waals surface area (Å²) in [7, 11) is 0. The maximum atomic E-state index is 2.45. The Kier molecular flexibility index (Phi) is 10.6. The Balaban J connectivity index is 0.966. The molecule has 0 spiro atoms. The number of benzene rings is 11. The van der Waals surface area contributed by atoms with Crippen LogP contribution in [0.4, 0.5) is 51.2 Å². The second-order valence-corrected chi connectivity index (χ2v) is 19.2. The van der Waals surface area contributed by atoms with Gasteiger partial charge >= 0.3 is 0 Å². The summed E-state index contributed by atoms with van der Waals surface area (Å²) in [5, 5.41) is 2.55. The largest absolute Gasteiger partial charge is 0.310 e. The molecule has 0 atom stereocenters. The van der Waals surface area contributed by atoms with Gasteiger partial charge in [-0.2, -0.15) is 0 Å². The van der Waals surface area contributed by atoms with Crippen LogP contribution in [-0.4, -0.2) is 0 Å². The minimum Gasteiger partial charge on any atom is -0.310 e. The summed E-state index contributed by atoms with van der Waals surface area (Å²) in [6, 6.07) is 104. The van der Waals surface area contributed by atoms with Gasteiger partial charge in [0.2, 0.25) is 0 Å². The normalized spacial score (nSPS) is 12.3. The first-order valence-electron chi connectivity index (χ1n) is 24.2. The zero-order chi connectivity index (χ0) is 47.1. The zero-order valence-corrected chi connectivity index (χ0v) is 39.7. The second-order valence-electron chi connectivity index (χ2n) is 18.1. The van der Waals surface area contributed by atoms with Crippen molar-refractivity contribution in [1.29, 1.82) is 0 Å². The topological polar surface area (TPSA) is 9.72 Å². The fourth-order valence-corrected chi connectivity index (χ4v) is 12.1. The van der Waals surface area contributed by atoms with Crippen molar-refractivity contribution in [3.8, 4) is 11.1 Å². The van der Waals surface area contributed by atoms with E-state index in [4.69, 9.17) is 0 Å². The molecule has 336 valence electrons. The van der Waals surface area contributed by atoms with Crippen molar-refractivity contribution < 1.29 is 0 Å². The number of nitrogens with zero attached hydrogens (tertiary/aromatic N) is 3. The highest BCUT2D eigenvalue weighted by molar-refractivity contribution is 7.25. The van der Waals surface area contributed by atoms with Crippen LogP contribution < -0.4 is 14.7 Å². The molecule has 1 aliphatic carbocycles. The number of thiophene rings is 1. The molecule has 0 aliphatic heterocycles. The summed E-state index contributed by atoms with van der Waals surface area (Å²) >= 11 is 1.85. The van der Waals surface area contributed by atoms with Crippen molar-refractivity contribution in [1.82, 2.24) is 0 Å². The molecular formula is C67H47N3S. The molecule has 0 fully saturated rings. The molecule has 1 aromatic heterocycles. The van der Waals surface area contributed by atoms with Crippen LogP contribution in [0.15, 0.2) is 285 Å². The zero-order valence-electron chi connectivity index (χ0n) is 38.9. The third-order valence-corrected chi connectivity index (χ3v) is 15.2. The number of hydrogen-bond acceptors (Lipinski definition) is 4. The summed E-state index contributed by atoms with van der Waals surface area (Å²) in [6.07, 6.45) is 0. The van der Waals surface area contributed by atoms with Gasteiger partial charge in [-0.15, -0.1) is 11.3 Å². The molecule has 13 rings (SSSR count). The molecule has 0 N–H and O–H groups in total. The molecule has 0 saturated heterocycles. The summed E-state index contributed by atoms with van der Waals surface area (Å²) in [5.41, 5.74) is 16.7. The van der Waals surface area contributed by atoms with Crippen molar-refractivity contribution in [2.45, 2.75) is 5.41 Å². The number of para-hydroxylation sites is 3. The van der Waals surface area contributed by atoms with Gasteiger partial charge < -0.3 is 14.7 Å². The molecule has 4 heteroatoms. The standard InChI is InChI=1S/C67H47N3S/c1-6-22-48(23-7-1)67(49-24-8-2-9-25-49)63-38-18-16-36-59(63)60-42-40-58(47-64(60)67)70(52-30-14-5-15-31-52)56-35-21-33-54(45-56)68(50-26-10-3-11-27-50)53-32-20-34-55(44-53)69(51-28-12-4-13-29-51)57-41-43-66-62(46-57)61-37-17-19-39-65(61)71-66/h1-47H. The van der Waals surface area contributed by atoms with E-state index >= 15 is 0 Å². The minimum absolute atomic E-state index is 0.527. The van der Waals surface area contributed by atoms with Gasteiger partial charge in [0.25, 0.3) is 0 Å². The molecule has 0 radical (unpaired) electrons. The fraction of sp³-hybridized carbons (Fsp3) is 0.0149. The van der Waals surface area contributed by atoms with E-state index < -0.39 is 5.41 Å². The summed E-state index contributed by atoms with van der Waals surface area (Å²) in [6.45, 7) is 0. The maximum Gasteiger partial charge on any atom is 0.0714 e. The van der Waals surface area contributed by atoms with E-state index in [9.17, 15) is 0 Å². The molecule has 71 heavy (non-hydrogen) atoms. The lowest BCUT2D eigenvalue weighted by Crippen LogP contribution is -2.28. The van der Waals surface area contributed by atoms with Crippen molar-refractivity contribution in [2.75, 3.05) is 14.7 Å². The van der Waals surface area contributed by atoms with Gasteiger partial charge in [0.15, 0.2) is 0 Å². The molecule has 0 bridgehead atoms. The third-order valence-electron chi connectivity index (χ3n) is 14.1. The Morgan fingerprint density at radius 1 is 0.239 bits per heavy atom. The molecule has 1 aliphatic rings. The van der Waals surface area contributed by atoms with Gasteiger partial charge in [0.1, 0.15) is 0 Å². The van der Waals surface area contributed by atoms with E-state index in [0.717, 1.165) is 51.2 Å². The van der Waals surface area contributed by atoms with E-state index in [2.05, 4.69) is 300 Å². The smallest absolute Gasteiger partial charge is 0.0714 e. The lowest BCUT2D eigenvalue weighted by Gasteiger charge is -2.35. The van der Waals surface area contributed by atoms with Gasteiger partial charge in [-0.25, -0.2) is 0 Å². The Bertz CT molecular complexity index is 3800. The first-order valence-corrected chi connectivity index (χ1v) is 25.1. The van der Waals surface area contributed by atoms with Crippen molar-refractivity contribution in [2.24, 2.45) is 0 Å². The van der Waals surface area contributed by atoms with Crippen LogP contribution in [0.2, 0.25) is 0 Å². The summed E-state index contributed by atoms with van der Waals surface area (Å²) in [4.78, 5) is 7.17. The molecule has 12 aromatic rings. The molecule has 3 nitrogen and oxygen atoms in total. The van der Waals surface area contributed by atoms with Crippen LogP contribution in [0.25, 0.3) is 31.3 Å². The third kappa shape index (κ3) is 7.27. The van der Waals surface area contributed by atoms with Crippen molar-refractivity contribution in [3.05, 3.63) is 307 Å². The van der Waals surface area contributed by atoms with Gasteiger partial charge in [0.05, 0.1) is 5.41 Å². The lowest BCUT2D eigenvalue weighted by molar-refractivity contribution is 0.768. The summed E-state index contributed by atoms with van der Waals surface area (Å²) in [5.74, 6) is 0. The van der Waals surface area contributed by atoms with Gasteiger partial charge in [-0.1, -0.05) is 176 Å². The van der Waals surface area contributed by atoms with Crippen LogP contribution in [-0.2, 0) is 5.41 Å². The van der Waals surface area contributed by atoms with E-state index in [1.54, 1.807) is 0 Å². The van der Waals surface area contributed by atoms with Crippen LogP contribution >= 0.6 is 11.3 Å². The van der Waals surface area contributed by atoms with Crippen molar-refractivity contribution >= 4 is 82.7 Å². The predicted octanol–water partition coefficient (Wildman–Crippen LogP) is 18.8. The van der Waals surface area contributed by atoms with Gasteiger partial charge in [0, 0.05) is 71.4 Å². The molecule has 0 unspecified atom stereocenters. The highest BCUT2D eigenvalue weighted by Crippen LogP contribution is 2.57. The first-order chi connectivity index (χ1) is 35.2. The second kappa shape index (κ2) is 17.8. The average Bonchev–Trinajstić information content (AvgIpc) is 3.97. The average molecular weight is 926 g/mol. The summed E-state index contributed by atoms with van der Waals surface area (Å²) < 4.78 is 2.58. The molecule has 0 amide bonds. The van der Waals surface area contributed by atoms with E-state index in [1.807, 2.05) is 11.3 Å². The maximum absolute atomic E-state index is 2.45. The molecule has 11 aromatic carbocycles. The van der Waals surface area contributed by atoms with E-state index in [-0.39, 0.29) is 0 Å². The van der Waals surface area contributed by atoms with Crippen LogP contribution in [0.5, 0.6) is 0 Å². The SMILES string of the molecule is c1ccc(N(c2cccc(N(c3ccccc3)c3ccc4c(c3)C(c3ccccc3)(c3ccccc3)c3ccccc3-4)c2)c2cccc(N(c3ccccc3)c3ccc4sc5ccccc5c4c3)c2)cc1. The molecule has 1 heterocycles. The highest BCUT2D eigenvalue weighted by atomic mass is 32.1. The fourth-order valence-electron chi connectivity index (χ4n) is 11.0. The number of hydrogen-bond donors (Lipinski definition) is 0. The minimum atomic E-state index is -0.527.